The van der Waals surface area contributed by atoms with E-state index in [0.717, 1.165) is 6.07 Å². The van der Waals surface area contributed by atoms with Crippen molar-refractivity contribution in [2.75, 3.05) is 12.4 Å². The number of carbonyl (C=O) groups excluding carboxylic acids is 1. The molecule has 2 aromatic rings. The predicted octanol–water partition coefficient (Wildman–Crippen LogP) is 3.60. The SMILES string of the molecule is CN=C(N)C1(C)CCC(C)(c2cc(NC(=O)c3ncc(Cl)cc3C)ccc2F)S1(=O)=O. The molecule has 2 heterocycles. The monoisotopic (exact) mass is 466 g/mol. The maximum absolute atomic E-state index is 14.8. The van der Waals surface area contributed by atoms with Crippen LogP contribution in [0.3, 0.4) is 0 Å². The van der Waals surface area contributed by atoms with Gasteiger partial charge in [-0.05, 0) is 63.4 Å². The average molecular weight is 467 g/mol. The summed E-state index contributed by atoms with van der Waals surface area (Å²) in [6.07, 6.45) is 1.72. The molecule has 3 N–H and O–H groups in total. The summed E-state index contributed by atoms with van der Waals surface area (Å²) in [5.74, 6) is -1.20. The summed E-state index contributed by atoms with van der Waals surface area (Å²) in [5.41, 5.74) is 6.87. The number of rotatable bonds is 4. The number of carbonyl (C=O) groups is 1. The van der Waals surface area contributed by atoms with Crippen LogP contribution in [0.15, 0.2) is 35.5 Å². The fraction of sp³-hybridized carbons (Fsp3) is 0.381. The van der Waals surface area contributed by atoms with Crippen LogP contribution in [0.5, 0.6) is 0 Å². The van der Waals surface area contributed by atoms with Crippen LogP contribution in [0.1, 0.15) is 48.3 Å². The highest BCUT2D eigenvalue weighted by Crippen LogP contribution is 2.51. The lowest BCUT2D eigenvalue weighted by atomic mass is 9.91. The summed E-state index contributed by atoms with van der Waals surface area (Å²) < 4.78 is 38.9. The number of nitrogens with one attached hydrogen (secondary N) is 1. The van der Waals surface area contributed by atoms with Gasteiger partial charge in [0.05, 0.1) is 9.77 Å². The van der Waals surface area contributed by atoms with Gasteiger partial charge in [0, 0.05) is 24.5 Å². The van der Waals surface area contributed by atoms with Crippen molar-refractivity contribution in [2.24, 2.45) is 10.7 Å². The number of aromatic nitrogens is 1. The van der Waals surface area contributed by atoms with E-state index in [4.69, 9.17) is 17.3 Å². The number of amides is 1. The predicted molar refractivity (Wildman–Crippen MR) is 120 cm³/mol. The van der Waals surface area contributed by atoms with Crippen LogP contribution in [0.25, 0.3) is 0 Å². The number of halogens is 2. The maximum Gasteiger partial charge on any atom is 0.274 e. The largest absolute Gasteiger partial charge is 0.386 e. The molecule has 0 saturated carbocycles. The molecular formula is C21H24ClFN4O3S. The standard InChI is InChI=1S/C21H24ClFN4O3S/c1-12-9-13(22)11-26-17(12)18(28)27-14-5-6-16(23)15(10-14)20(2)7-8-21(3,19(24)25-4)31(20,29)30/h5-6,9-11H,7-8H2,1-4H3,(H2,24,25)(H,27,28). The van der Waals surface area contributed by atoms with Crippen molar-refractivity contribution >= 4 is 38.9 Å². The van der Waals surface area contributed by atoms with Gasteiger partial charge in [-0.3, -0.25) is 9.79 Å². The number of hydrogen-bond acceptors (Lipinski definition) is 5. The molecule has 3 rings (SSSR count). The van der Waals surface area contributed by atoms with Crippen LogP contribution in [0.4, 0.5) is 10.1 Å². The average Bonchev–Trinajstić information content (AvgIpc) is 2.90. The number of aryl methyl sites for hydroxylation is 1. The number of amidine groups is 1. The molecule has 1 aromatic carbocycles. The summed E-state index contributed by atoms with van der Waals surface area (Å²) >= 11 is 5.88. The molecule has 166 valence electrons. The van der Waals surface area contributed by atoms with Gasteiger partial charge in [0.25, 0.3) is 5.91 Å². The Kier molecular flexibility index (Phi) is 5.88. The van der Waals surface area contributed by atoms with Gasteiger partial charge in [0.1, 0.15) is 22.1 Å². The molecule has 1 aromatic heterocycles. The fourth-order valence-electron chi connectivity index (χ4n) is 4.00. The topological polar surface area (TPSA) is 115 Å². The van der Waals surface area contributed by atoms with Crippen molar-refractivity contribution in [3.63, 3.8) is 0 Å². The minimum absolute atomic E-state index is 0.00891. The zero-order valence-corrected chi connectivity index (χ0v) is 19.2. The van der Waals surface area contributed by atoms with Gasteiger partial charge in [-0.1, -0.05) is 11.6 Å². The summed E-state index contributed by atoms with van der Waals surface area (Å²) in [5, 5.41) is 3.05. The third kappa shape index (κ3) is 3.59. The maximum atomic E-state index is 14.8. The highest BCUT2D eigenvalue weighted by atomic mass is 35.5. The molecule has 0 aliphatic carbocycles. The number of anilines is 1. The normalized spacial score (nSPS) is 25.4. The Bertz CT molecular complexity index is 1200. The summed E-state index contributed by atoms with van der Waals surface area (Å²) in [4.78, 5) is 20.5. The highest BCUT2D eigenvalue weighted by molar-refractivity contribution is 7.94. The fourth-order valence-corrected chi connectivity index (χ4v) is 6.76. The third-order valence-corrected chi connectivity index (χ3v) is 9.52. The second-order valence-corrected chi connectivity index (χ2v) is 11.3. The third-order valence-electron chi connectivity index (χ3n) is 6.10. The van der Waals surface area contributed by atoms with E-state index >= 15 is 0 Å². The number of pyridine rings is 1. The van der Waals surface area contributed by atoms with Gasteiger partial charge in [0.2, 0.25) is 0 Å². The molecule has 1 aliphatic heterocycles. The van der Waals surface area contributed by atoms with Crippen molar-refractivity contribution in [1.29, 1.82) is 0 Å². The highest BCUT2D eigenvalue weighted by Gasteiger charge is 2.60. The van der Waals surface area contributed by atoms with E-state index in [0.29, 0.717) is 10.6 Å². The molecule has 1 amide bonds. The lowest BCUT2D eigenvalue weighted by Gasteiger charge is -2.30. The summed E-state index contributed by atoms with van der Waals surface area (Å²) in [6.45, 7) is 4.68. The number of nitrogens with two attached hydrogens (primary N) is 1. The molecular weight excluding hydrogens is 443 g/mol. The van der Waals surface area contributed by atoms with Gasteiger partial charge >= 0.3 is 0 Å². The number of aliphatic imine (C=N–C) groups is 1. The molecule has 1 aliphatic rings. The van der Waals surface area contributed by atoms with E-state index < -0.39 is 31.1 Å². The minimum Gasteiger partial charge on any atom is -0.386 e. The zero-order valence-electron chi connectivity index (χ0n) is 17.7. The number of sulfone groups is 1. The molecule has 2 unspecified atom stereocenters. The van der Waals surface area contributed by atoms with Gasteiger partial charge in [-0.15, -0.1) is 0 Å². The van der Waals surface area contributed by atoms with E-state index in [2.05, 4.69) is 15.3 Å². The first-order chi connectivity index (χ1) is 14.4. The van der Waals surface area contributed by atoms with Crippen LogP contribution >= 0.6 is 11.6 Å². The lowest BCUT2D eigenvalue weighted by Crippen LogP contribution is -2.48. The Morgan fingerprint density at radius 2 is 1.97 bits per heavy atom. The van der Waals surface area contributed by atoms with Crippen molar-refractivity contribution in [2.45, 2.75) is 43.1 Å². The number of nitrogens with zero attached hydrogens (tertiary/aromatic N) is 2. The first kappa shape index (κ1) is 23.1. The molecule has 10 heteroatoms. The Hall–Kier alpha value is -2.52. The molecule has 2 atom stereocenters. The minimum atomic E-state index is -3.96. The number of benzene rings is 1. The molecule has 0 radical (unpaired) electrons. The zero-order chi connectivity index (χ0) is 23.2. The lowest BCUT2D eigenvalue weighted by molar-refractivity contribution is 0.102. The van der Waals surface area contributed by atoms with E-state index in [-0.39, 0.29) is 35.6 Å². The van der Waals surface area contributed by atoms with Crippen molar-refractivity contribution in [3.05, 3.63) is 58.1 Å². The first-order valence-corrected chi connectivity index (χ1v) is 11.4. The second kappa shape index (κ2) is 7.87. The molecule has 0 spiro atoms. The van der Waals surface area contributed by atoms with E-state index in [1.54, 1.807) is 13.0 Å². The van der Waals surface area contributed by atoms with Gasteiger partial charge in [-0.25, -0.2) is 17.8 Å². The van der Waals surface area contributed by atoms with Crippen LogP contribution in [0.2, 0.25) is 5.02 Å². The summed E-state index contributed by atoms with van der Waals surface area (Å²) in [6, 6.07) is 5.46. The first-order valence-electron chi connectivity index (χ1n) is 9.58. The Balaban J connectivity index is 2.01. The molecule has 1 saturated heterocycles. The van der Waals surface area contributed by atoms with Crippen molar-refractivity contribution in [1.82, 2.24) is 4.98 Å². The Labute approximate surface area is 185 Å². The molecule has 1 fully saturated rings. The smallest absolute Gasteiger partial charge is 0.274 e. The molecule has 31 heavy (non-hydrogen) atoms. The van der Waals surface area contributed by atoms with Crippen LogP contribution < -0.4 is 11.1 Å². The van der Waals surface area contributed by atoms with Crippen LogP contribution in [0, 0.1) is 12.7 Å². The molecule has 0 bridgehead atoms. The van der Waals surface area contributed by atoms with Gasteiger partial charge in [0.15, 0.2) is 9.84 Å². The van der Waals surface area contributed by atoms with Gasteiger partial charge < -0.3 is 11.1 Å². The summed E-state index contributed by atoms with van der Waals surface area (Å²) in [7, 11) is -2.53. The van der Waals surface area contributed by atoms with Gasteiger partial charge in [-0.2, -0.15) is 0 Å². The van der Waals surface area contributed by atoms with E-state index in [1.165, 1.54) is 39.2 Å². The quantitative estimate of drug-likeness (QED) is 0.527. The number of hydrogen-bond donors (Lipinski definition) is 2. The van der Waals surface area contributed by atoms with E-state index in [1.807, 2.05) is 0 Å². The molecule has 7 nitrogen and oxygen atoms in total. The van der Waals surface area contributed by atoms with E-state index in [9.17, 15) is 17.6 Å². The second-order valence-electron chi connectivity index (χ2n) is 8.04. The Morgan fingerprint density at radius 3 is 2.58 bits per heavy atom. The van der Waals surface area contributed by atoms with Crippen molar-refractivity contribution in [3.8, 4) is 0 Å². The van der Waals surface area contributed by atoms with Crippen LogP contribution in [-0.4, -0.2) is 36.9 Å². The van der Waals surface area contributed by atoms with Crippen molar-refractivity contribution < 1.29 is 17.6 Å². The Morgan fingerprint density at radius 1 is 1.29 bits per heavy atom. The van der Waals surface area contributed by atoms with Crippen LogP contribution in [-0.2, 0) is 14.6 Å².